The van der Waals surface area contributed by atoms with E-state index in [1.54, 1.807) is 0 Å². The highest BCUT2D eigenvalue weighted by Gasteiger charge is 2.26. The van der Waals surface area contributed by atoms with Crippen molar-refractivity contribution in [1.29, 1.82) is 0 Å². The number of aromatic nitrogens is 4. The van der Waals surface area contributed by atoms with Crippen LogP contribution < -0.4 is 0 Å². The Morgan fingerprint density at radius 2 is 2.05 bits per heavy atom. The molecule has 0 aliphatic carbocycles. The molecule has 0 radical (unpaired) electrons. The molecule has 1 aliphatic heterocycles. The van der Waals surface area contributed by atoms with Crippen LogP contribution in [0.1, 0.15) is 42.7 Å². The van der Waals surface area contributed by atoms with Gasteiger partial charge in [-0.3, -0.25) is 4.68 Å². The predicted molar refractivity (Wildman–Crippen MR) is 74.6 cm³/mol. The number of fused-ring (bicyclic) bond motifs is 1. The first-order valence-corrected chi connectivity index (χ1v) is 7.16. The number of nitrogens with zero attached hydrogens (tertiary/aromatic N) is 4. The van der Waals surface area contributed by atoms with Crippen molar-refractivity contribution in [3.8, 4) is 0 Å². The fraction of sp³-hybridized carbons (Fsp3) is 0.692. The molecule has 1 saturated heterocycles. The molecule has 1 aliphatic rings. The topological polar surface area (TPSA) is 44.9 Å². The van der Waals surface area contributed by atoms with Crippen LogP contribution in [0, 0.1) is 6.92 Å². The third-order valence-electron chi connectivity index (χ3n) is 3.77. The first kappa shape index (κ1) is 12.9. The lowest BCUT2D eigenvalue weighted by molar-refractivity contribution is 0.0696. The normalized spacial score (nSPS) is 19.2. The maximum Gasteiger partial charge on any atom is 0.158 e. The van der Waals surface area contributed by atoms with Crippen LogP contribution in [0.5, 0.6) is 0 Å². The molecular weight excluding hydrogens is 264 g/mol. The third-order valence-corrected chi connectivity index (χ3v) is 3.97. The molecule has 0 aromatic carbocycles. The Bertz CT molecular complexity index is 595. The predicted octanol–water partition coefficient (Wildman–Crippen LogP) is 2.73. The van der Waals surface area contributed by atoms with Crippen LogP contribution in [0.3, 0.4) is 0 Å². The molecule has 0 N–H and O–H groups in total. The Morgan fingerprint density at radius 1 is 1.37 bits per heavy atom. The molecule has 1 unspecified atom stereocenters. The Labute approximate surface area is 117 Å². The number of ether oxygens (including phenoxy) is 1. The van der Waals surface area contributed by atoms with Crippen molar-refractivity contribution in [3.63, 3.8) is 0 Å². The summed E-state index contributed by atoms with van der Waals surface area (Å²) in [7, 11) is 1.97. The molecule has 3 heterocycles. The Morgan fingerprint density at radius 3 is 2.68 bits per heavy atom. The van der Waals surface area contributed by atoms with Gasteiger partial charge < -0.3 is 9.30 Å². The number of alkyl halides is 1. The Kier molecular flexibility index (Phi) is 3.27. The van der Waals surface area contributed by atoms with E-state index in [9.17, 15) is 0 Å². The van der Waals surface area contributed by atoms with Crippen LogP contribution in [-0.2, 0) is 11.8 Å². The summed E-state index contributed by atoms with van der Waals surface area (Å²) < 4.78 is 9.64. The van der Waals surface area contributed by atoms with Gasteiger partial charge in [0.05, 0.1) is 11.1 Å². The van der Waals surface area contributed by atoms with Gasteiger partial charge in [-0.25, -0.2) is 4.98 Å². The van der Waals surface area contributed by atoms with E-state index >= 15 is 0 Å². The summed E-state index contributed by atoms with van der Waals surface area (Å²) in [5.74, 6) is 0.944. The summed E-state index contributed by atoms with van der Waals surface area (Å²) in [4.78, 5) is 4.71. The summed E-state index contributed by atoms with van der Waals surface area (Å²) in [6, 6.07) is 0.407. The van der Waals surface area contributed by atoms with E-state index in [2.05, 4.69) is 9.67 Å². The maximum atomic E-state index is 6.32. The highest BCUT2D eigenvalue weighted by atomic mass is 35.5. The van der Waals surface area contributed by atoms with Gasteiger partial charge in [0.15, 0.2) is 5.65 Å². The second kappa shape index (κ2) is 4.80. The van der Waals surface area contributed by atoms with Gasteiger partial charge in [-0.2, -0.15) is 5.10 Å². The summed E-state index contributed by atoms with van der Waals surface area (Å²) in [5, 5.41) is 4.36. The minimum atomic E-state index is -0.102. The van der Waals surface area contributed by atoms with Crippen LogP contribution in [-0.4, -0.2) is 32.5 Å². The van der Waals surface area contributed by atoms with Crippen LogP contribution in [0.15, 0.2) is 0 Å². The molecule has 0 saturated carbocycles. The van der Waals surface area contributed by atoms with Crippen molar-refractivity contribution in [2.75, 3.05) is 13.2 Å². The first-order valence-electron chi connectivity index (χ1n) is 6.73. The second-order valence-corrected chi connectivity index (χ2v) is 5.84. The fourth-order valence-corrected chi connectivity index (χ4v) is 3.05. The Hall–Kier alpha value is -1.07. The van der Waals surface area contributed by atoms with Gasteiger partial charge in [0, 0.05) is 26.3 Å². The van der Waals surface area contributed by atoms with Gasteiger partial charge in [0.1, 0.15) is 11.3 Å². The lowest BCUT2D eigenvalue weighted by Gasteiger charge is -2.26. The first-order chi connectivity index (χ1) is 9.09. The quantitative estimate of drug-likeness (QED) is 0.796. The lowest BCUT2D eigenvalue weighted by Crippen LogP contribution is -2.22. The summed E-state index contributed by atoms with van der Waals surface area (Å²) in [6.45, 7) is 5.57. The monoisotopic (exact) mass is 282 g/mol. The number of halogens is 1. The van der Waals surface area contributed by atoms with Gasteiger partial charge in [-0.15, -0.1) is 11.6 Å². The second-order valence-electron chi connectivity index (χ2n) is 5.18. The number of imidazole rings is 1. The smallest absolute Gasteiger partial charge is 0.158 e. The third kappa shape index (κ3) is 2.05. The highest BCUT2D eigenvalue weighted by molar-refractivity contribution is 6.20. The molecule has 2 aromatic rings. The van der Waals surface area contributed by atoms with E-state index < -0.39 is 0 Å². The molecular formula is C13H19ClN4O. The van der Waals surface area contributed by atoms with Crippen molar-refractivity contribution < 1.29 is 4.74 Å². The van der Waals surface area contributed by atoms with Crippen LogP contribution in [0.2, 0.25) is 0 Å². The van der Waals surface area contributed by atoms with Gasteiger partial charge in [-0.1, -0.05) is 0 Å². The molecule has 0 spiro atoms. The van der Waals surface area contributed by atoms with E-state index in [0.717, 1.165) is 48.7 Å². The number of rotatable bonds is 2. The minimum absolute atomic E-state index is 0.102. The number of hydrogen-bond acceptors (Lipinski definition) is 3. The molecule has 19 heavy (non-hydrogen) atoms. The molecule has 1 atom stereocenters. The molecule has 3 rings (SSSR count). The average Bonchev–Trinajstić information content (AvgIpc) is 2.90. The van der Waals surface area contributed by atoms with Gasteiger partial charge in [0.25, 0.3) is 0 Å². The number of hydrogen-bond donors (Lipinski definition) is 0. The zero-order valence-corrected chi connectivity index (χ0v) is 12.3. The largest absolute Gasteiger partial charge is 0.381 e. The molecule has 6 heteroatoms. The highest BCUT2D eigenvalue weighted by Crippen LogP contribution is 2.33. The van der Waals surface area contributed by atoms with Crippen LogP contribution in [0.4, 0.5) is 0 Å². The molecule has 0 amide bonds. The SMILES string of the molecule is Cc1nn(C)c2c1nc(C(C)Cl)n2C1CCOCC1. The van der Waals surface area contributed by atoms with Crippen LogP contribution in [0.25, 0.3) is 11.2 Å². The lowest BCUT2D eigenvalue weighted by atomic mass is 10.1. The number of aryl methyl sites for hydroxylation is 2. The van der Waals surface area contributed by atoms with Gasteiger partial charge in [-0.05, 0) is 26.7 Å². The van der Waals surface area contributed by atoms with Crippen molar-refractivity contribution >= 4 is 22.8 Å². The van der Waals surface area contributed by atoms with Crippen molar-refractivity contribution in [2.45, 2.75) is 38.1 Å². The molecule has 2 aromatic heterocycles. The van der Waals surface area contributed by atoms with Crippen molar-refractivity contribution in [2.24, 2.45) is 7.05 Å². The fourth-order valence-electron chi connectivity index (χ4n) is 2.90. The molecule has 104 valence electrons. The van der Waals surface area contributed by atoms with Gasteiger partial charge >= 0.3 is 0 Å². The standard InChI is InChI=1S/C13H19ClN4O/c1-8(14)12-15-11-9(2)16-17(3)13(11)18(12)10-4-6-19-7-5-10/h8,10H,4-7H2,1-3H3. The zero-order chi connectivity index (χ0) is 13.6. The summed E-state index contributed by atoms with van der Waals surface area (Å²) in [6.07, 6.45) is 2.01. The van der Waals surface area contributed by atoms with E-state index in [1.807, 2.05) is 25.6 Å². The maximum absolute atomic E-state index is 6.32. The van der Waals surface area contributed by atoms with E-state index in [4.69, 9.17) is 21.3 Å². The molecule has 5 nitrogen and oxygen atoms in total. The van der Waals surface area contributed by atoms with Crippen molar-refractivity contribution in [3.05, 3.63) is 11.5 Å². The summed E-state index contributed by atoms with van der Waals surface area (Å²) >= 11 is 6.32. The average molecular weight is 283 g/mol. The van der Waals surface area contributed by atoms with E-state index in [-0.39, 0.29) is 5.38 Å². The molecule has 1 fully saturated rings. The minimum Gasteiger partial charge on any atom is -0.381 e. The zero-order valence-electron chi connectivity index (χ0n) is 11.6. The Balaban J connectivity index is 2.20. The van der Waals surface area contributed by atoms with Crippen LogP contribution >= 0.6 is 11.6 Å². The van der Waals surface area contributed by atoms with E-state index in [1.165, 1.54) is 0 Å². The van der Waals surface area contributed by atoms with Gasteiger partial charge in [0.2, 0.25) is 0 Å². The van der Waals surface area contributed by atoms with E-state index in [0.29, 0.717) is 6.04 Å². The molecule has 0 bridgehead atoms. The van der Waals surface area contributed by atoms with Crippen molar-refractivity contribution in [1.82, 2.24) is 19.3 Å². The summed E-state index contributed by atoms with van der Waals surface area (Å²) in [5.41, 5.74) is 3.00.